The van der Waals surface area contributed by atoms with Crippen LogP contribution in [0.5, 0.6) is 0 Å². The summed E-state index contributed by atoms with van der Waals surface area (Å²) in [5, 5.41) is 10.7. The molecule has 3 aromatic carbocycles. The minimum absolute atomic E-state index is 0.0621. The first-order valence-electron chi connectivity index (χ1n) is 9.99. The van der Waals surface area contributed by atoms with E-state index in [1.54, 1.807) is 6.08 Å². The molecule has 5 nitrogen and oxygen atoms in total. The van der Waals surface area contributed by atoms with Gasteiger partial charge >= 0.3 is 0 Å². The van der Waals surface area contributed by atoms with Gasteiger partial charge in [-0.05, 0) is 60.2 Å². The van der Waals surface area contributed by atoms with Crippen molar-refractivity contribution < 1.29 is 23.5 Å². The predicted molar refractivity (Wildman–Crippen MR) is 126 cm³/mol. The van der Waals surface area contributed by atoms with Gasteiger partial charge in [-0.3, -0.25) is 9.59 Å². The molecule has 0 unspecified atom stereocenters. The van der Waals surface area contributed by atoms with E-state index in [0.717, 1.165) is 23.4 Å². The molecule has 0 spiro atoms. The van der Waals surface area contributed by atoms with Gasteiger partial charge in [0.2, 0.25) is 0 Å². The lowest BCUT2D eigenvalue weighted by Gasteiger charge is -2.17. The summed E-state index contributed by atoms with van der Waals surface area (Å²) in [6.07, 6.45) is 3.13. The van der Waals surface area contributed by atoms with Crippen molar-refractivity contribution in [2.24, 2.45) is 0 Å². The minimum atomic E-state index is -1.14. The number of hydrogen-bond donors (Lipinski definition) is 2. The maximum Gasteiger partial charge on any atom is 0.258 e. The van der Waals surface area contributed by atoms with Crippen LogP contribution in [0.2, 0.25) is 5.02 Å². The Morgan fingerprint density at radius 1 is 1.03 bits per heavy atom. The van der Waals surface area contributed by atoms with Gasteiger partial charge in [0.05, 0.1) is 12.2 Å². The number of nitrogens with zero attached hydrogens (tertiary/aromatic N) is 1. The van der Waals surface area contributed by atoms with E-state index in [1.165, 1.54) is 30.3 Å². The second-order valence-corrected chi connectivity index (χ2v) is 7.57. The second-order valence-electron chi connectivity index (χ2n) is 7.19. The molecule has 0 atom stereocenters. The summed E-state index contributed by atoms with van der Waals surface area (Å²) in [5.74, 6) is -3.11. The van der Waals surface area contributed by atoms with Crippen LogP contribution >= 0.6 is 11.6 Å². The third-order valence-corrected chi connectivity index (χ3v) is 5.25. The Kier molecular flexibility index (Phi) is 7.92. The molecule has 8 heteroatoms. The zero-order chi connectivity index (χ0) is 24.0. The summed E-state index contributed by atoms with van der Waals surface area (Å²) >= 11 is 5.51. The van der Waals surface area contributed by atoms with Crippen molar-refractivity contribution in [1.29, 1.82) is 0 Å². The smallest absolute Gasteiger partial charge is 0.258 e. The molecular formula is C25H21ClF2N2O3. The number of rotatable bonds is 8. The predicted octanol–water partition coefficient (Wildman–Crippen LogP) is 5.20. The Morgan fingerprint density at radius 2 is 1.70 bits per heavy atom. The maximum atomic E-state index is 14.0. The fraction of sp³-hybridized carbons (Fsp3) is 0.120. The first-order valence-corrected chi connectivity index (χ1v) is 10.4. The van der Waals surface area contributed by atoms with Crippen LogP contribution in [-0.4, -0.2) is 37.0 Å². The van der Waals surface area contributed by atoms with Crippen molar-refractivity contribution >= 4 is 40.7 Å². The van der Waals surface area contributed by atoms with Crippen molar-refractivity contribution in [2.45, 2.75) is 0 Å². The highest BCUT2D eigenvalue weighted by atomic mass is 35.5. The molecule has 0 fully saturated rings. The minimum Gasteiger partial charge on any atom is -0.395 e. The Hall–Kier alpha value is -3.55. The van der Waals surface area contributed by atoms with Gasteiger partial charge in [-0.1, -0.05) is 29.8 Å². The molecular weight excluding hydrogens is 450 g/mol. The summed E-state index contributed by atoms with van der Waals surface area (Å²) in [7, 11) is 1.88. The van der Waals surface area contributed by atoms with Gasteiger partial charge in [0.1, 0.15) is 10.8 Å². The topological polar surface area (TPSA) is 69.6 Å². The molecule has 0 bridgehead atoms. The molecule has 2 N–H and O–H groups in total. The molecule has 0 aliphatic heterocycles. The normalized spacial score (nSPS) is 10.9. The number of carbonyl (C=O) groups excluding carboxylic acids is 2. The van der Waals surface area contributed by atoms with Crippen LogP contribution in [0.3, 0.4) is 0 Å². The van der Waals surface area contributed by atoms with Crippen molar-refractivity contribution in [2.75, 3.05) is 30.4 Å². The number of likely N-dealkylation sites (N-methyl/N-ethyl adjacent to an activating group) is 1. The zero-order valence-corrected chi connectivity index (χ0v) is 18.4. The number of halogens is 3. The molecule has 0 saturated carbocycles. The molecule has 0 radical (unpaired) electrons. The van der Waals surface area contributed by atoms with Crippen LogP contribution in [0.4, 0.5) is 20.2 Å². The van der Waals surface area contributed by atoms with Gasteiger partial charge in [0.25, 0.3) is 5.91 Å². The van der Waals surface area contributed by atoms with E-state index in [1.807, 2.05) is 36.2 Å². The zero-order valence-electron chi connectivity index (χ0n) is 17.7. The molecule has 3 rings (SSSR count). The third-order valence-electron chi connectivity index (χ3n) is 4.90. The van der Waals surface area contributed by atoms with Crippen molar-refractivity contribution in [3.8, 4) is 0 Å². The lowest BCUT2D eigenvalue weighted by atomic mass is 10.1. The number of aliphatic hydroxyl groups excluding tert-OH is 1. The van der Waals surface area contributed by atoms with Crippen molar-refractivity contribution in [1.82, 2.24) is 0 Å². The van der Waals surface area contributed by atoms with E-state index in [0.29, 0.717) is 17.8 Å². The van der Waals surface area contributed by atoms with E-state index >= 15 is 0 Å². The summed E-state index contributed by atoms with van der Waals surface area (Å²) in [5.41, 5.74) is 2.14. The SMILES string of the molecule is CN(CCO)c1ccc(/C=C/C(=O)c2ccc(NC(=O)c3ccc(F)c(Cl)c3F)cc2)cc1. The number of hydrogen-bond acceptors (Lipinski definition) is 4. The number of ketones is 1. The van der Waals surface area contributed by atoms with Crippen molar-refractivity contribution in [3.05, 3.63) is 100 Å². The van der Waals surface area contributed by atoms with E-state index in [2.05, 4.69) is 5.32 Å². The Morgan fingerprint density at radius 3 is 2.33 bits per heavy atom. The van der Waals surface area contributed by atoms with Crippen LogP contribution in [0.1, 0.15) is 26.3 Å². The summed E-state index contributed by atoms with van der Waals surface area (Å²) in [6, 6.07) is 15.5. The van der Waals surface area contributed by atoms with E-state index in [9.17, 15) is 18.4 Å². The standard InChI is InChI=1S/C25H21ClF2N2O3/c1-30(14-15-31)19-9-2-16(3-10-19)4-13-22(32)17-5-7-18(8-6-17)29-25(33)20-11-12-21(27)23(26)24(20)28/h2-13,31H,14-15H2,1H3,(H,29,33)/b13-4+. The van der Waals surface area contributed by atoms with Gasteiger partial charge in [0.15, 0.2) is 11.6 Å². The van der Waals surface area contributed by atoms with Crippen molar-refractivity contribution in [3.63, 3.8) is 0 Å². The average molecular weight is 471 g/mol. The molecule has 1 amide bonds. The first-order chi connectivity index (χ1) is 15.8. The number of aliphatic hydroxyl groups is 1. The van der Waals surface area contributed by atoms with E-state index in [-0.39, 0.29) is 12.4 Å². The monoisotopic (exact) mass is 470 g/mol. The van der Waals surface area contributed by atoms with E-state index in [4.69, 9.17) is 16.7 Å². The highest BCUT2D eigenvalue weighted by Gasteiger charge is 2.17. The van der Waals surface area contributed by atoms with Gasteiger partial charge in [0, 0.05) is 30.5 Å². The largest absolute Gasteiger partial charge is 0.395 e. The lowest BCUT2D eigenvalue weighted by molar-refractivity contribution is 0.102. The highest BCUT2D eigenvalue weighted by Crippen LogP contribution is 2.23. The molecule has 0 saturated heterocycles. The molecule has 0 heterocycles. The van der Waals surface area contributed by atoms with Crippen LogP contribution in [0.15, 0.2) is 66.7 Å². The summed E-state index contributed by atoms with van der Waals surface area (Å²) in [4.78, 5) is 26.6. The molecule has 170 valence electrons. The molecule has 0 aliphatic rings. The van der Waals surface area contributed by atoms with Crippen LogP contribution in [0.25, 0.3) is 6.08 Å². The molecule has 33 heavy (non-hydrogen) atoms. The number of allylic oxidation sites excluding steroid dienone is 1. The molecule has 0 aromatic heterocycles. The summed E-state index contributed by atoms with van der Waals surface area (Å²) < 4.78 is 27.3. The number of amides is 1. The highest BCUT2D eigenvalue weighted by molar-refractivity contribution is 6.31. The number of benzene rings is 3. The summed E-state index contributed by atoms with van der Waals surface area (Å²) in [6.45, 7) is 0.587. The maximum absolute atomic E-state index is 14.0. The Bertz CT molecular complexity index is 1180. The van der Waals surface area contributed by atoms with Crippen LogP contribution in [-0.2, 0) is 0 Å². The number of nitrogens with one attached hydrogen (secondary N) is 1. The molecule has 0 aliphatic carbocycles. The number of anilines is 2. The van der Waals surface area contributed by atoms with Gasteiger partial charge < -0.3 is 15.3 Å². The fourth-order valence-corrected chi connectivity index (χ4v) is 3.17. The van der Waals surface area contributed by atoms with Crippen LogP contribution < -0.4 is 10.2 Å². The third kappa shape index (κ3) is 6.03. The van der Waals surface area contributed by atoms with Crippen LogP contribution in [0, 0.1) is 11.6 Å². The molecule has 3 aromatic rings. The fourth-order valence-electron chi connectivity index (χ4n) is 3.00. The second kappa shape index (κ2) is 10.8. The van der Waals surface area contributed by atoms with Gasteiger partial charge in [-0.25, -0.2) is 8.78 Å². The Labute approximate surface area is 194 Å². The first kappa shape index (κ1) is 24.1. The van der Waals surface area contributed by atoms with E-state index < -0.39 is 28.1 Å². The quantitative estimate of drug-likeness (QED) is 0.270. The lowest BCUT2D eigenvalue weighted by Crippen LogP contribution is -2.20. The Balaban J connectivity index is 1.63. The van der Waals surface area contributed by atoms with Gasteiger partial charge in [-0.2, -0.15) is 0 Å². The van der Waals surface area contributed by atoms with Gasteiger partial charge in [-0.15, -0.1) is 0 Å². The average Bonchev–Trinajstić information content (AvgIpc) is 2.82. The number of carbonyl (C=O) groups is 2.